The van der Waals surface area contributed by atoms with Crippen molar-refractivity contribution in [3.63, 3.8) is 0 Å². The van der Waals surface area contributed by atoms with Crippen molar-refractivity contribution < 1.29 is 0 Å². The second kappa shape index (κ2) is 5.44. The van der Waals surface area contributed by atoms with Crippen molar-refractivity contribution in [3.05, 3.63) is 30.1 Å². The fraction of sp³-hybridized carbons (Fsp3) is 0. The molecule has 2 heterocycles. The van der Waals surface area contributed by atoms with E-state index < -0.39 is 0 Å². The van der Waals surface area contributed by atoms with Crippen LogP contribution in [0, 0.1) is 0 Å². The van der Waals surface area contributed by atoms with E-state index in [1.54, 1.807) is 24.4 Å². The first kappa shape index (κ1) is 12.3. The molecule has 0 saturated carbocycles. The first-order chi connectivity index (χ1) is 9.15. The maximum Gasteiger partial charge on any atom is 0.291 e. The van der Waals surface area contributed by atoms with Gasteiger partial charge in [-0.1, -0.05) is 6.07 Å². The highest BCUT2D eigenvalue weighted by Gasteiger charge is 2.03. The Morgan fingerprint density at radius 3 is 2.05 bits per heavy atom. The molecule has 0 aromatic carbocycles. The minimum Gasteiger partial charge on any atom is -0.382 e. The van der Waals surface area contributed by atoms with Gasteiger partial charge in [-0.3, -0.25) is 4.98 Å². The van der Waals surface area contributed by atoms with Gasteiger partial charge in [-0.2, -0.15) is 9.98 Å². The van der Waals surface area contributed by atoms with Crippen molar-refractivity contribution in [1.29, 1.82) is 0 Å². The topological polar surface area (TPSA) is 167 Å². The van der Waals surface area contributed by atoms with E-state index in [0.717, 1.165) is 0 Å². The molecule has 96 valence electrons. The van der Waals surface area contributed by atoms with Gasteiger partial charge in [0.05, 0.1) is 0 Å². The summed E-state index contributed by atoms with van der Waals surface area (Å²) in [5, 5.41) is 14.5. The molecule has 6 N–H and O–H groups in total. The number of guanidine groups is 1. The molecule has 0 saturated heterocycles. The van der Waals surface area contributed by atoms with Gasteiger partial charge in [0.2, 0.25) is 0 Å². The van der Waals surface area contributed by atoms with Crippen LogP contribution >= 0.6 is 0 Å². The van der Waals surface area contributed by atoms with Gasteiger partial charge in [-0.15, -0.1) is 20.4 Å². The lowest BCUT2D eigenvalue weighted by molar-refractivity contribution is 0.853. The number of nitrogens with zero attached hydrogens (tertiary/aromatic N) is 7. The molecule has 10 heteroatoms. The maximum absolute atomic E-state index is 5.73. The number of hydrogen-bond donors (Lipinski definition) is 3. The lowest BCUT2D eigenvalue weighted by Crippen LogP contribution is -2.22. The van der Waals surface area contributed by atoms with Gasteiger partial charge in [0, 0.05) is 6.20 Å². The molecular formula is C9H10N10. The number of rotatable bonds is 3. The van der Waals surface area contributed by atoms with Crippen molar-refractivity contribution in [2.45, 2.75) is 0 Å². The summed E-state index contributed by atoms with van der Waals surface area (Å²) in [5.74, 6) is -0.111. The summed E-state index contributed by atoms with van der Waals surface area (Å²) in [6.45, 7) is 0. The lowest BCUT2D eigenvalue weighted by Gasteiger charge is -1.97. The van der Waals surface area contributed by atoms with Crippen molar-refractivity contribution in [2.75, 3.05) is 0 Å². The number of pyridine rings is 1. The highest BCUT2D eigenvalue weighted by atomic mass is 15.4. The second-order valence-electron chi connectivity index (χ2n) is 3.25. The Morgan fingerprint density at radius 2 is 1.53 bits per heavy atom. The molecule has 10 nitrogen and oxygen atoms in total. The Labute approximate surface area is 107 Å². The van der Waals surface area contributed by atoms with Crippen molar-refractivity contribution >= 4 is 23.7 Å². The van der Waals surface area contributed by atoms with Crippen LogP contribution in [0.3, 0.4) is 0 Å². The zero-order valence-corrected chi connectivity index (χ0v) is 9.67. The summed E-state index contributed by atoms with van der Waals surface area (Å²) >= 11 is 0. The summed E-state index contributed by atoms with van der Waals surface area (Å²) in [6.07, 6.45) is 1.59. The van der Waals surface area contributed by atoms with E-state index in [-0.39, 0.29) is 23.7 Å². The Kier molecular flexibility index (Phi) is 3.52. The highest BCUT2D eigenvalue weighted by Crippen LogP contribution is 2.04. The molecular weight excluding hydrogens is 248 g/mol. The van der Waals surface area contributed by atoms with Gasteiger partial charge in [0.15, 0.2) is 11.8 Å². The first-order valence-corrected chi connectivity index (χ1v) is 5.08. The summed E-state index contributed by atoms with van der Waals surface area (Å²) in [6, 6.07) is 5.25. The van der Waals surface area contributed by atoms with Crippen LogP contribution in [0.25, 0.3) is 0 Å². The molecule has 0 atom stereocenters. The quantitative estimate of drug-likeness (QED) is 0.446. The van der Waals surface area contributed by atoms with Gasteiger partial charge in [0.1, 0.15) is 5.69 Å². The van der Waals surface area contributed by atoms with E-state index in [4.69, 9.17) is 17.2 Å². The van der Waals surface area contributed by atoms with Gasteiger partial charge in [0.25, 0.3) is 11.9 Å². The van der Waals surface area contributed by atoms with Crippen LogP contribution in [-0.2, 0) is 0 Å². The Balaban J connectivity index is 2.22. The summed E-state index contributed by atoms with van der Waals surface area (Å²) in [5.41, 5.74) is 16.5. The fourth-order valence-electron chi connectivity index (χ4n) is 1.10. The molecule has 0 spiro atoms. The Hall–Kier alpha value is -3.17. The van der Waals surface area contributed by atoms with E-state index >= 15 is 0 Å². The predicted octanol–water partition coefficient (Wildman–Crippen LogP) is -1.40. The van der Waals surface area contributed by atoms with Crippen LogP contribution in [0.1, 0.15) is 5.69 Å². The summed E-state index contributed by atoms with van der Waals surface area (Å²) in [7, 11) is 0. The number of amidine groups is 1. The van der Waals surface area contributed by atoms with Crippen LogP contribution in [-0.4, -0.2) is 37.2 Å². The second-order valence-corrected chi connectivity index (χ2v) is 3.25. The first-order valence-electron chi connectivity index (χ1n) is 5.08. The van der Waals surface area contributed by atoms with E-state index in [1.165, 1.54) is 0 Å². The van der Waals surface area contributed by atoms with Crippen LogP contribution < -0.4 is 17.2 Å². The van der Waals surface area contributed by atoms with Gasteiger partial charge >= 0.3 is 0 Å². The maximum atomic E-state index is 5.73. The molecule has 2 aromatic rings. The molecule has 19 heavy (non-hydrogen) atoms. The molecule has 0 aliphatic carbocycles. The van der Waals surface area contributed by atoms with Crippen molar-refractivity contribution in [1.82, 2.24) is 25.4 Å². The van der Waals surface area contributed by atoms with Crippen LogP contribution in [0.5, 0.6) is 0 Å². The smallest absolute Gasteiger partial charge is 0.291 e. The number of aromatic nitrogens is 5. The van der Waals surface area contributed by atoms with E-state index in [1.807, 2.05) is 0 Å². The largest absolute Gasteiger partial charge is 0.382 e. The number of aliphatic imine (C=N–C) groups is 2. The van der Waals surface area contributed by atoms with Crippen LogP contribution in [0.15, 0.2) is 34.4 Å². The highest BCUT2D eigenvalue weighted by molar-refractivity contribution is 5.96. The van der Waals surface area contributed by atoms with E-state index in [9.17, 15) is 0 Å². The van der Waals surface area contributed by atoms with Crippen molar-refractivity contribution in [2.24, 2.45) is 27.2 Å². The van der Waals surface area contributed by atoms with E-state index in [2.05, 4.69) is 35.4 Å². The standard InChI is InChI=1S/C9H10N10/c10-6(5-3-1-2-4-13-5)14-8-16-18-9(19-17-8)15-7(11)12/h1-4H,(H2,10,14,16,17)(H4,11,12,15,18,19). The minimum absolute atomic E-state index is 0.0160. The zero-order valence-electron chi connectivity index (χ0n) is 9.67. The van der Waals surface area contributed by atoms with Crippen molar-refractivity contribution in [3.8, 4) is 0 Å². The Morgan fingerprint density at radius 1 is 0.895 bits per heavy atom. The molecule has 0 unspecified atom stereocenters. The van der Waals surface area contributed by atoms with Gasteiger partial charge in [-0.05, 0) is 12.1 Å². The zero-order chi connectivity index (χ0) is 13.7. The third-order valence-electron chi connectivity index (χ3n) is 1.83. The number of hydrogen-bond acceptors (Lipinski definition) is 7. The normalized spacial score (nSPS) is 11.1. The van der Waals surface area contributed by atoms with E-state index in [0.29, 0.717) is 5.69 Å². The predicted molar refractivity (Wildman–Crippen MR) is 67.7 cm³/mol. The van der Waals surface area contributed by atoms with Crippen LogP contribution in [0.4, 0.5) is 11.9 Å². The molecule has 2 aromatic heterocycles. The molecule has 0 aliphatic rings. The fourth-order valence-corrected chi connectivity index (χ4v) is 1.10. The monoisotopic (exact) mass is 258 g/mol. The Bertz CT molecular complexity index is 599. The molecule has 0 radical (unpaired) electrons. The van der Waals surface area contributed by atoms with Gasteiger partial charge in [-0.25, -0.2) is 0 Å². The van der Waals surface area contributed by atoms with Gasteiger partial charge < -0.3 is 17.2 Å². The average molecular weight is 258 g/mol. The molecule has 2 rings (SSSR count). The molecule has 0 aliphatic heterocycles. The summed E-state index contributed by atoms with van der Waals surface area (Å²) in [4.78, 5) is 11.5. The number of nitrogens with two attached hydrogens (primary N) is 3. The van der Waals surface area contributed by atoms with Crippen LogP contribution in [0.2, 0.25) is 0 Å². The molecule has 0 amide bonds. The lowest BCUT2D eigenvalue weighted by atomic mass is 10.3. The molecule has 0 fully saturated rings. The summed E-state index contributed by atoms with van der Waals surface area (Å²) < 4.78 is 0. The minimum atomic E-state index is -0.187. The third-order valence-corrected chi connectivity index (χ3v) is 1.83. The average Bonchev–Trinajstić information content (AvgIpc) is 2.41. The molecule has 0 bridgehead atoms. The third kappa shape index (κ3) is 3.39. The SMILES string of the molecule is NC(N)=Nc1nnc(/N=C(\N)c2ccccn2)nn1.